The van der Waals surface area contributed by atoms with Gasteiger partial charge in [-0.1, -0.05) is 0 Å². The van der Waals surface area contributed by atoms with Crippen LogP contribution < -0.4 is 5.43 Å². The summed E-state index contributed by atoms with van der Waals surface area (Å²) in [6.07, 6.45) is 0. The maximum Gasteiger partial charge on any atom is 0.235 e. The molecule has 5 nitrogen and oxygen atoms in total. The van der Waals surface area contributed by atoms with E-state index in [0.29, 0.717) is 0 Å². The smallest absolute Gasteiger partial charge is 0.235 e. The number of phenols is 2. The standard InChI is InChI=1S/C15H10O5/c16-9-3-1-8(2-4-9)15-14(19)13(18)11-6-5-10(17)7-12(11)20-15/h1-7,16-17,19H/i1D,2D,3D,4D. The zero-order chi connectivity index (χ0) is 17.8. The molecule has 0 bridgehead atoms. The Kier molecular flexibility index (Phi) is 1.78. The first-order chi connectivity index (χ1) is 11.2. The molecule has 0 aliphatic carbocycles. The molecule has 1 heterocycles. The van der Waals surface area contributed by atoms with E-state index in [4.69, 9.17) is 9.90 Å². The fraction of sp³-hybridized carbons (Fsp3) is 0. The minimum atomic E-state index is -0.889. The van der Waals surface area contributed by atoms with Gasteiger partial charge in [-0.25, -0.2) is 0 Å². The number of hydrogen-bond donors (Lipinski definition) is 3. The van der Waals surface area contributed by atoms with Gasteiger partial charge in [0.25, 0.3) is 0 Å². The number of fused-ring (bicyclic) bond motifs is 1. The van der Waals surface area contributed by atoms with Crippen molar-refractivity contribution in [3.8, 4) is 28.6 Å². The van der Waals surface area contributed by atoms with Gasteiger partial charge >= 0.3 is 0 Å². The van der Waals surface area contributed by atoms with Crippen LogP contribution in [0, 0.1) is 0 Å². The fourth-order valence-corrected chi connectivity index (χ4v) is 1.76. The predicted octanol–water partition coefficient (Wildman–Crippen LogP) is 2.58. The van der Waals surface area contributed by atoms with Crippen molar-refractivity contribution >= 4 is 11.0 Å². The third-order valence-corrected chi connectivity index (χ3v) is 2.69. The van der Waals surface area contributed by atoms with Crippen LogP contribution in [0.5, 0.6) is 17.2 Å². The van der Waals surface area contributed by atoms with Gasteiger partial charge in [0.2, 0.25) is 11.2 Å². The van der Waals surface area contributed by atoms with Crippen molar-refractivity contribution in [1.29, 1.82) is 0 Å². The van der Waals surface area contributed by atoms with Gasteiger partial charge in [0.05, 0.1) is 10.9 Å². The van der Waals surface area contributed by atoms with E-state index in [0.717, 1.165) is 6.07 Å². The zero-order valence-corrected chi connectivity index (χ0v) is 9.89. The Morgan fingerprint density at radius 2 is 1.70 bits per heavy atom. The molecule has 0 spiro atoms. The molecular weight excluding hydrogens is 260 g/mol. The monoisotopic (exact) mass is 274 g/mol. The Morgan fingerprint density at radius 1 is 1.00 bits per heavy atom. The van der Waals surface area contributed by atoms with Gasteiger partial charge in [0.1, 0.15) is 17.1 Å². The molecule has 0 unspecified atom stereocenters. The second-order valence-electron chi connectivity index (χ2n) is 4.01. The van der Waals surface area contributed by atoms with Crippen LogP contribution in [0.1, 0.15) is 5.48 Å². The van der Waals surface area contributed by atoms with Gasteiger partial charge in [-0.05, 0) is 36.3 Å². The zero-order valence-electron chi connectivity index (χ0n) is 13.9. The van der Waals surface area contributed by atoms with E-state index in [-0.39, 0.29) is 16.7 Å². The second-order valence-corrected chi connectivity index (χ2v) is 4.01. The molecule has 0 saturated heterocycles. The highest BCUT2D eigenvalue weighted by atomic mass is 16.4. The van der Waals surface area contributed by atoms with Crippen LogP contribution in [0.2, 0.25) is 0 Å². The quantitative estimate of drug-likeness (QED) is 0.634. The van der Waals surface area contributed by atoms with Crippen LogP contribution in [0.3, 0.4) is 0 Å². The van der Waals surface area contributed by atoms with Gasteiger partial charge in [-0.2, -0.15) is 0 Å². The number of rotatable bonds is 1. The van der Waals surface area contributed by atoms with E-state index >= 15 is 0 Å². The average Bonchev–Trinajstić information content (AvgIpc) is 2.55. The molecule has 1 aromatic heterocycles. The lowest BCUT2D eigenvalue weighted by molar-refractivity contribution is 0.447. The summed E-state index contributed by atoms with van der Waals surface area (Å²) in [5.41, 5.74) is -1.42. The molecule has 3 aromatic rings. The second kappa shape index (κ2) is 4.31. The lowest BCUT2D eigenvalue weighted by Crippen LogP contribution is -2.02. The first-order valence-corrected chi connectivity index (χ1v) is 5.52. The average molecular weight is 274 g/mol. The molecule has 100 valence electrons. The molecule has 0 atom stereocenters. The van der Waals surface area contributed by atoms with Gasteiger partial charge in [0, 0.05) is 11.6 Å². The Morgan fingerprint density at radius 3 is 2.40 bits per heavy atom. The fourth-order valence-electron chi connectivity index (χ4n) is 1.76. The third kappa shape index (κ3) is 1.85. The summed E-state index contributed by atoms with van der Waals surface area (Å²) in [7, 11) is 0. The van der Waals surface area contributed by atoms with Crippen molar-refractivity contribution in [1.82, 2.24) is 0 Å². The molecule has 0 radical (unpaired) electrons. The van der Waals surface area contributed by atoms with Crippen LogP contribution in [-0.4, -0.2) is 15.3 Å². The van der Waals surface area contributed by atoms with E-state index in [1.807, 2.05) is 0 Å². The Hall–Kier alpha value is -2.95. The van der Waals surface area contributed by atoms with Crippen molar-refractivity contribution in [3.63, 3.8) is 0 Å². The summed E-state index contributed by atoms with van der Waals surface area (Å²) in [6.45, 7) is 0. The number of aromatic hydroxyl groups is 3. The van der Waals surface area contributed by atoms with Crippen LogP contribution in [0.4, 0.5) is 0 Å². The van der Waals surface area contributed by atoms with E-state index in [1.165, 1.54) is 12.1 Å². The van der Waals surface area contributed by atoms with Crippen molar-refractivity contribution in [2.75, 3.05) is 0 Å². The van der Waals surface area contributed by atoms with E-state index in [1.54, 1.807) is 0 Å². The maximum absolute atomic E-state index is 12.2. The van der Waals surface area contributed by atoms with Gasteiger partial charge in [-0.15, -0.1) is 0 Å². The van der Waals surface area contributed by atoms with Crippen LogP contribution >= 0.6 is 0 Å². The molecular formula is C15H10O5. The highest BCUT2D eigenvalue weighted by Gasteiger charge is 2.15. The lowest BCUT2D eigenvalue weighted by atomic mass is 10.1. The van der Waals surface area contributed by atoms with E-state index in [9.17, 15) is 20.1 Å². The SMILES string of the molecule is [2H]c1c([2H])c(-c2oc3cc(O)ccc3c(=O)c2O)c([2H])c([2H])c1O. The summed E-state index contributed by atoms with van der Waals surface area (Å²) in [5, 5.41) is 29.1. The molecule has 0 saturated carbocycles. The maximum atomic E-state index is 12.2. The van der Waals surface area contributed by atoms with Crippen molar-refractivity contribution < 1.29 is 25.2 Å². The minimum Gasteiger partial charge on any atom is -0.508 e. The molecule has 5 heteroatoms. The molecule has 2 aromatic carbocycles. The molecule has 0 amide bonds. The van der Waals surface area contributed by atoms with E-state index < -0.39 is 52.4 Å². The topological polar surface area (TPSA) is 90.9 Å². The molecule has 0 aliphatic rings. The normalized spacial score (nSPS) is 13.6. The van der Waals surface area contributed by atoms with Crippen molar-refractivity contribution in [3.05, 3.63) is 52.6 Å². The van der Waals surface area contributed by atoms with Gasteiger partial charge in [-0.3, -0.25) is 4.79 Å². The molecule has 0 aliphatic heterocycles. The summed E-state index contributed by atoms with van der Waals surface area (Å²) in [6, 6.07) is 0.780. The van der Waals surface area contributed by atoms with Gasteiger partial charge in [0.15, 0.2) is 5.76 Å². The summed E-state index contributed by atoms with van der Waals surface area (Å²) in [4.78, 5) is 12.2. The Bertz CT molecular complexity index is 1030. The van der Waals surface area contributed by atoms with Crippen LogP contribution in [0.25, 0.3) is 22.3 Å². The number of benzene rings is 2. The Labute approximate surface area is 118 Å². The number of phenolic OH excluding ortho intramolecular Hbond substituents is 2. The van der Waals surface area contributed by atoms with Crippen LogP contribution in [-0.2, 0) is 0 Å². The number of hydrogen-bond acceptors (Lipinski definition) is 5. The summed E-state index contributed by atoms with van der Waals surface area (Å²) >= 11 is 0. The largest absolute Gasteiger partial charge is 0.508 e. The van der Waals surface area contributed by atoms with Crippen molar-refractivity contribution in [2.45, 2.75) is 0 Å². The third-order valence-electron chi connectivity index (χ3n) is 2.69. The first kappa shape index (κ1) is 8.27. The first-order valence-electron chi connectivity index (χ1n) is 7.52. The lowest BCUT2D eigenvalue weighted by Gasteiger charge is -2.06. The summed E-state index contributed by atoms with van der Waals surface area (Å²) in [5.74, 6) is -2.52. The van der Waals surface area contributed by atoms with Crippen LogP contribution in [0.15, 0.2) is 51.6 Å². The molecule has 0 fully saturated rings. The summed E-state index contributed by atoms with van der Waals surface area (Å²) < 4.78 is 36.3. The predicted molar refractivity (Wildman–Crippen MR) is 72.9 cm³/mol. The van der Waals surface area contributed by atoms with Crippen molar-refractivity contribution in [2.24, 2.45) is 0 Å². The van der Waals surface area contributed by atoms with E-state index in [2.05, 4.69) is 0 Å². The Balaban J connectivity index is 2.48. The molecule has 3 N–H and O–H groups in total. The minimum absolute atomic E-state index is 0.0249. The highest BCUT2D eigenvalue weighted by Crippen LogP contribution is 2.31. The van der Waals surface area contributed by atoms with Gasteiger partial charge < -0.3 is 19.7 Å². The highest BCUT2D eigenvalue weighted by molar-refractivity contribution is 5.82. The molecule has 3 rings (SSSR count). The molecule has 20 heavy (non-hydrogen) atoms.